The van der Waals surface area contributed by atoms with Crippen molar-refractivity contribution >= 4 is 29.2 Å². The number of carbonyl (C=O) groups excluding carboxylic acids is 1. The molecule has 1 aromatic heterocycles. The quantitative estimate of drug-likeness (QED) is 0.882. The molecule has 1 N–H and O–H groups in total. The maximum absolute atomic E-state index is 11.7. The zero-order valence-corrected chi connectivity index (χ0v) is 12.1. The van der Waals surface area contributed by atoms with E-state index < -0.39 is 11.5 Å². The van der Waals surface area contributed by atoms with Gasteiger partial charge in [-0.15, -0.1) is 0 Å². The molecule has 0 fully saturated rings. The third-order valence-electron chi connectivity index (χ3n) is 2.65. The van der Waals surface area contributed by atoms with E-state index in [9.17, 15) is 9.59 Å². The summed E-state index contributed by atoms with van der Waals surface area (Å²) in [6.45, 7) is 1.88. The van der Waals surface area contributed by atoms with Gasteiger partial charge in [-0.3, -0.25) is 4.79 Å². The van der Waals surface area contributed by atoms with Gasteiger partial charge in [-0.1, -0.05) is 29.3 Å². The van der Waals surface area contributed by atoms with E-state index in [2.05, 4.69) is 4.98 Å². The lowest BCUT2D eigenvalue weighted by Crippen LogP contribution is -2.19. The first-order valence-electron chi connectivity index (χ1n) is 5.88. The van der Waals surface area contributed by atoms with Crippen LogP contribution >= 0.6 is 23.2 Å². The van der Waals surface area contributed by atoms with Crippen LogP contribution in [-0.4, -0.2) is 17.6 Å². The minimum atomic E-state index is -0.657. The van der Waals surface area contributed by atoms with Crippen LogP contribution in [0.4, 0.5) is 0 Å². The van der Waals surface area contributed by atoms with E-state index in [4.69, 9.17) is 27.9 Å². The number of H-pyrrole nitrogens is 1. The second-order valence-electron chi connectivity index (χ2n) is 3.98. The standard InChI is InChI=1S/C14H11Cl2NO3/c1-2-20-14(19)10-5-9(7-17-13(10)18)8-3-4-11(15)12(16)6-8/h3-7H,2H2,1H3,(H,17,18). The lowest BCUT2D eigenvalue weighted by Gasteiger charge is -2.06. The summed E-state index contributed by atoms with van der Waals surface area (Å²) < 4.78 is 4.84. The molecule has 0 amide bonds. The smallest absolute Gasteiger partial charge is 0.343 e. The molecular formula is C14H11Cl2NO3. The summed E-state index contributed by atoms with van der Waals surface area (Å²) in [5.74, 6) is -0.657. The molecule has 0 aliphatic rings. The molecule has 2 aromatic rings. The van der Waals surface area contributed by atoms with Gasteiger partial charge in [-0.05, 0) is 36.2 Å². The topological polar surface area (TPSA) is 59.2 Å². The van der Waals surface area contributed by atoms with Crippen LogP contribution in [0.2, 0.25) is 10.0 Å². The highest BCUT2D eigenvalue weighted by atomic mass is 35.5. The van der Waals surface area contributed by atoms with E-state index in [-0.39, 0.29) is 12.2 Å². The van der Waals surface area contributed by atoms with Crippen molar-refractivity contribution in [3.63, 3.8) is 0 Å². The van der Waals surface area contributed by atoms with Crippen molar-refractivity contribution < 1.29 is 9.53 Å². The van der Waals surface area contributed by atoms with Crippen LogP contribution in [0.15, 0.2) is 35.3 Å². The molecule has 0 atom stereocenters. The first-order chi connectivity index (χ1) is 9.52. The van der Waals surface area contributed by atoms with Gasteiger partial charge >= 0.3 is 5.97 Å². The minimum Gasteiger partial charge on any atom is -0.462 e. The van der Waals surface area contributed by atoms with Gasteiger partial charge in [0.25, 0.3) is 5.56 Å². The lowest BCUT2D eigenvalue weighted by molar-refractivity contribution is 0.0524. The van der Waals surface area contributed by atoms with Crippen molar-refractivity contribution in [3.05, 3.63) is 56.4 Å². The highest BCUT2D eigenvalue weighted by Crippen LogP contribution is 2.28. The first kappa shape index (κ1) is 14.6. The number of aromatic nitrogens is 1. The van der Waals surface area contributed by atoms with Gasteiger partial charge in [0, 0.05) is 6.20 Å². The van der Waals surface area contributed by atoms with Crippen molar-refractivity contribution in [3.8, 4) is 11.1 Å². The predicted octanol–water partition coefficient (Wildman–Crippen LogP) is 3.53. The molecule has 6 heteroatoms. The van der Waals surface area contributed by atoms with Gasteiger partial charge in [0.1, 0.15) is 5.56 Å². The summed E-state index contributed by atoms with van der Waals surface area (Å²) in [7, 11) is 0. The van der Waals surface area contributed by atoms with Crippen molar-refractivity contribution in [2.45, 2.75) is 6.92 Å². The first-order valence-corrected chi connectivity index (χ1v) is 6.63. The molecule has 0 unspecified atom stereocenters. The van der Waals surface area contributed by atoms with Crippen molar-refractivity contribution in [1.29, 1.82) is 0 Å². The van der Waals surface area contributed by atoms with E-state index in [1.54, 1.807) is 25.1 Å². The number of carbonyl (C=O) groups is 1. The predicted molar refractivity (Wildman–Crippen MR) is 78.5 cm³/mol. The lowest BCUT2D eigenvalue weighted by atomic mass is 10.1. The molecule has 0 aliphatic carbocycles. The van der Waals surface area contributed by atoms with Crippen LogP contribution in [0.25, 0.3) is 11.1 Å². The van der Waals surface area contributed by atoms with Gasteiger partial charge in [0.15, 0.2) is 0 Å². The van der Waals surface area contributed by atoms with Gasteiger partial charge in [0.2, 0.25) is 0 Å². The van der Waals surface area contributed by atoms with E-state index in [1.807, 2.05) is 0 Å². The average Bonchev–Trinajstić information content (AvgIpc) is 2.42. The van der Waals surface area contributed by atoms with Crippen LogP contribution in [0.1, 0.15) is 17.3 Å². The number of benzene rings is 1. The van der Waals surface area contributed by atoms with Crippen LogP contribution in [0, 0.1) is 0 Å². The maximum atomic E-state index is 11.7. The summed E-state index contributed by atoms with van der Waals surface area (Å²) >= 11 is 11.8. The number of aromatic amines is 1. The number of halogens is 2. The zero-order valence-electron chi connectivity index (χ0n) is 10.6. The Hall–Kier alpha value is -1.78. The van der Waals surface area contributed by atoms with E-state index in [0.717, 1.165) is 5.56 Å². The molecule has 1 aromatic carbocycles. The monoisotopic (exact) mass is 311 g/mol. The number of ether oxygens (including phenoxy) is 1. The highest BCUT2D eigenvalue weighted by molar-refractivity contribution is 6.42. The molecule has 0 aliphatic heterocycles. The number of nitrogens with one attached hydrogen (secondary N) is 1. The molecule has 4 nitrogen and oxygen atoms in total. The van der Waals surface area contributed by atoms with Gasteiger partial charge in [0.05, 0.1) is 16.7 Å². The van der Waals surface area contributed by atoms with Crippen LogP contribution in [0.5, 0.6) is 0 Å². The average molecular weight is 312 g/mol. The molecule has 20 heavy (non-hydrogen) atoms. The fourth-order valence-corrected chi connectivity index (χ4v) is 1.98. The summed E-state index contributed by atoms with van der Waals surface area (Å²) in [6.07, 6.45) is 1.50. The van der Waals surface area contributed by atoms with E-state index in [0.29, 0.717) is 15.6 Å². The Kier molecular flexibility index (Phi) is 4.47. The Morgan fingerprint density at radius 1 is 1.20 bits per heavy atom. The third kappa shape index (κ3) is 3.03. The van der Waals surface area contributed by atoms with E-state index in [1.165, 1.54) is 12.3 Å². The number of rotatable bonds is 3. The molecule has 0 spiro atoms. The van der Waals surface area contributed by atoms with Crippen molar-refractivity contribution in [2.75, 3.05) is 6.61 Å². The molecule has 0 saturated carbocycles. The zero-order chi connectivity index (χ0) is 14.7. The molecule has 0 bridgehead atoms. The van der Waals surface area contributed by atoms with Crippen LogP contribution in [0.3, 0.4) is 0 Å². The second kappa shape index (κ2) is 6.11. The summed E-state index contributed by atoms with van der Waals surface area (Å²) in [5.41, 5.74) is 0.843. The second-order valence-corrected chi connectivity index (χ2v) is 4.79. The van der Waals surface area contributed by atoms with E-state index >= 15 is 0 Å². The minimum absolute atomic E-state index is 0.0459. The molecule has 0 saturated heterocycles. The molecule has 104 valence electrons. The fraction of sp³-hybridized carbons (Fsp3) is 0.143. The van der Waals surface area contributed by atoms with Gasteiger partial charge in [-0.2, -0.15) is 0 Å². The number of esters is 1. The Labute approximate surface area is 125 Å². The number of hydrogen-bond donors (Lipinski definition) is 1. The third-order valence-corrected chi connectivity index (χ3v) is 3.39. The molecule has 0 radical (unpaired) electrons. The Balaban J connectivity index is 2.48. The van der Waals surface area contributed by atoms with Gasteiger partial charge < -0.3 is 9.72 Å². The van der Waals surface area contributed by atoms with Crippen LogP contribution < -0.4 is 5.56 Å². The number of hydrogen-bond acceptors (Lipinski definition) is 3. The van der Waals surface area contributed by atoms with Crippen LogP contribution in [-0.2, 0) is 4.74 Å². The normalized spacial score (nSPS) is 10.3. The molecule has 1 heterocycles. The molecular weight excluding hydrogens is 301 g/mol. The fourth-order valence-electron chi connectivity index (χ4n) is 1.69. The van der Waals surface area contributed by atoms with Gasteiger partial charge in [-0.25, -0.2) is 4.79 Å². The van der Waals surface area contributed by atoms with Crippen molar-refractivity contribution in [1.82, 2.24) is 4.98 Å². The largest absolute Gasteiger partial charge is 0.462 e. The Morgan fingerprint density at radius 2 is 1.95 bits per heavy atom. The summed E-state index contributed by atoms with van der Waals surface area (Å²) in [5, 5.41) is 0.832. The Morgan fingerprint density at radius 3 is 2.60 bits per heavy atom. The van der Waals surface area contributed by atoms with Crippen molar-refractivity contribution in [2.24, 2.45) is 0 Å². The summed E-state index contributed by atoms with van der Waals surface area (Å²) in [4.78, 5) is 25.8. The molecule has 2 rings (SSSR count). The summed E-state index contributed by atoms with van der Waals surface area (Å²) in [6, 6.07) is 6.52. The maximum Gasteiger partial charge on any atom is 0.343 e. The number of pyridine rings is 1. The SMILES string of the molecule is CCOC(=O)c1cc(-c2ccc(Cl)c(Cl)c2)c[nH]c1=O. The highest BCUT2D eigenvalue weighted by Gasteiger charge is 2.13. The Bertz CT molecular complexity index is 710.